The summed E-state index contributed by atoms with van der Waals surface area (Å²) in [6.45, 7) is 7.10. The van der Waals surface area contributed by atoms with Gasteiger partial charge in [-0.05, 0) is 30.4 Å². The molecule has 0 aromatic carbocycles. The first kappa shape index (κ1) is 19.8. The highest BCUT2D eigenvalue weighted by Crippen LogP contribution is 2.20. The smallest absolute Gasteiger partial charge is 0.239 e. The van der Waals surface area contributed by atoms with Crippen LogP contribution in [0.15, 0.2) is 27.8 Å². The minimum atomic E-state index is -0.0735. The van der Waals surface area contributed by atoms with Crippen LogP contribution in [-0.2, 0) is 11.3 Å². The first-order chi connectivity index (χ1) is 10.6. The highest BCUT2D eigenvalue weighted by molar-refractivity contribution is 14.0. The van der Waals surface area contributed by atoms with Crippen LogP contribution in [0.3, 0.4) is 0 Å². The van der Waals surface area contributed by atoms with E-state index in [1.165, 1.54) is 6.42 Å². The second kappa shape index (κ2) is 9.79. The predicted molar refractivity (Wildman–Crippen MR) is 102 cm³/mol. The first-order valence-electron chi connectivity index (χ1n) is 7.83. The number of piperidine rings is 1. The molecule has 1 aliphatic heterocycles. The van der Waals surface area contributed by atoms with Crippen molar-refractivity contribution in [2.24, 2.45) is 16.8 Å². The molecule has 2 atom stereocenters. The predicted octanol–water partition coefficient (Wildman–Crippen LogP) is 2.07. The largest absolute Gasteiger partial charge is 0.467 e. The Morgan fingerprint density at radius 3 is 2.61 bits per heavy atom. The zero-order valence-corrected chi connectivity index (χ0v) is 16.4. The average molecular weight is 434 g/mol. The SMILES string of the molecule is CN=C(NCC(=O)NCc1ccco1)N1CC(C)CC(C)C1.I. The van der Waals surface area contributed by atoms with E-state index in [-0.39, 0.29) is 36.4 Å². The van der Waals surface area contributed by atoms with Crippen LogP contribution in [0.4, 0.5) is 0 Å². The number of carbonyl (C=O) groups is 1. The molecule has 0 bridgehead atoms. The van der Waals surface area contributed by atoms with E-state index in [2.05, 4.69) is 34.4 Å². The van der Waals surface area contributed by atoms with Gasteiger partial charge in [-0.15, -0.1) is 24.0 Å². The third-order valence-electron chi connectivity index (χ3n) is 3.83. The summed E-state index contributed by atoms with van der Waals surface area (Å²) in [6, 6.07) is 3.64. The zero-order valence-electron chi connectivity index (χ0n) is 14.0. The lowest BCUT2D eigenvalue weighted by atomic mass is 9.92. The van der Waals surface area contributed by atoms with E-state index in [4.69, 9.17) is 4.42 Å². The van der Waals surface area contributed by atoms with Crippen LogP contribution in [0.1, 0.15) is 26.0 Å². The van der Waals surface area contributed by atoms with E-state index < -0.39 is 0 Å². The van der Waals surface area contributed by atoms with Crippen molar-refractivity contribution in [3.8, 4) is 0 Å². The lowest BCUT2D eigenvalue weighted by molar-refractivity contribution is -0.120. The Labute approximate surface area is 155 Å². The van der Waals surface area contributed by atoms with Gasteiger partial charge in [0, 0.05) is 20.1 Å². The van der Waals surface area contributed by atoms with E-state index in [1.54, 1.807) is 19.4 Å². The average Bonchev–Trinajstić information content (AvgIpc) is 2.98. The molecule has 0 aliphatic carbocycles. The first-order valence-corrected chi connectivity index (χ1v) is 7.83. The molecular formula is C16H27IN4O2. The molecule has 1 aromatic rings. The summed E-state index contributed by atoms with van der Waals surface area (Å²) in [6.07, 6.45) is 2.84. The van der Waals surface area contributed by atoms with E-state index >= 15 is 0 Å². The maximum atomic E-state index is 11.9. The van der Waals surface area contributed by atoms with Crippen molar-refractivity contribution in [3.05, 3.63) is 24.2 Å². The van der Waals surface area contributed by atoms with Crippen molar-refractivity contribution >= 4 is 35.8 Å². The zero-order chi connectivity index (χ0) is 15.9. The number of nitrogens with zero attached hydrogens (tertiary/aromatic N) is 2. The maximum Gasteiger partial charge on any atom is 0.239 e. The molecule has 7 heteroatoms. The third-order valence-corrected chi connectivity index (χ3v) is 3.83. The summed E-state index contributed by atoms with van der Waals surface area (Å²) in [5.41, 5.74) is 0. The van der Waals surface area contributed by atoms with Crippen LogP contribution in [0.25, 0.3) is 0 Å². The molecule has 1 aromatic heterocycles. The Morgan fingerprint density at radius 1 is 1.35 bits per heavy atom. The molecule has 6 nitrogen and oxygen atoms in total. The van der Waals surface area contributed by atoms with E-state index in [1.807, 2.05) is 6.07 Å². The van der Waals surface area contributed by atoms with Crippen LogP contribution in [0, 0.1) is 11.8 Å². The fraction of sp³-hybridized carbons (Fsp3) is 0.625. The molecule has 2 rings (SSSR count). The summed E-state index contributed by atoms with van der Waals surface area (Å²) < 4.78 is 5.18. The number of rotatable bonds is 4. The van der Waals surface area contributed by atoms with Gasteiger partial charge in [-0.1, -0.05) is 13.8 Å². The van der Waals surface area contributed by atoms with Crippen molar-refractivity contribution in [2.45, 2.75) is 26.8 Å². The second-order valence-electron chi connectivity index (χ2n) is 6.11. The summed E-state index contributed by atoms with van der Waals surface area (Å²) in [7, 11) is 1.76. The number of halogens is 1. The molecule has 1 fully saturated rings. The quantitative estimate of drug-likeness (QED) is 0.433. The standard InChI is InChI=1S/C16H26N4O2.HI/c1-12-7-13(2)11-20(10-12)16(17-3)19-9-15(21)18-8-14-5-4-6-22-14;/h4-6,12-13H,7-11H2,1-3H3,(H,17,19)(H,18,21);1H. The minimum absolute atomic E-state index is 0. The number of likely N-dealkylation sites (tertiary alicyclic amines) is 1. The third kappa shape index (κ3) is 6.40. The van der Waals surface area contributed by atoms with Gasteiger partial charge in [0.15, 0.2) is 5.96 Å². The van der Waals surface area contributed by atoms with Crippen LogP contribution in [0.5, 0.6) is 0 Å². The molecule has 1 saturated heterocycles. The fourth-order valence-corrected chi connectivity index (χ4v) is 2.99. The monoisotopic (exact) mass is 434 g/mol. The van der Waals surface area contributed by atoms with Gasteiger partial charge < -0.3 is 20.0 Å². The summed E-state index contributed by atoms with van der Waals surface area (Å²) in [5.74, 6) is 2.77. The molecule has 2 unspecified atom stereocenters. The fourth-order valence-electron chi connectivity index (χ4n) is 2.99. The van der Waals surface area contributed by atoms with Crippen molar-refractivity contribution < 1.29 is 9.21 Å². The van der Waals surface area contributed by atoms with Crippen LogP contribution >= 0.6 is 24.0 Å². The number of hydrogen-bond acceptors (Lipinski definition) is 3. The van der Waals surface area contributed by atoms with Crippen LogP contribution < -0.4 is 10.6 Å². The Hall–Kier alpha value is -1.25. The van der Waals surface area contributed by atoms with Gasteiger partial charge in [0.25, 0.3) is 0 Å². The molecule has 2 heterocycles. The molecule has 2 N–H and O–H groups in total. The van der Waals surface area contributed by atoms with Gasteiger partial charge in [-0.3, -0.25) is 9.79 Å². The molecule has 0 saturated carbocycles. The summed E-state index contributed by atoms with van der Waals surface area (Å²) in [5, 5.41) is 5.96. The Kier molecular flexibility index (Phi) is 8.43. The number of nitrogens with one attached hydrogen (secondary N) is 2. The lowest BCUT2D eigenvalue weighted by Crippen LogP contribution is -2.50. The number of hydrogen-bond donors (Lipinski definition) is 2. The van der Waals surface area contributed by atoms with Crippen molar-refractivity contribution in [3.63, 3.8) is 0 Å². The molecular weight excluding hydrogens is 407 g/mol. The van der Waals surface area contributed by atoms with Gasteiger partial charge in [0.1, 0.15) is 5.76 Å². The number of guanidine groups is 1. The molecule has 0 radical (unpaired) electrons. The highest BCUT2D eigenvalue weighted by atomic mass is 127. The van der Waals surface area contributed by atoms with Crippen molar-refractivity contribution in [2.75, 3.05) is 26.7 Å². The Bertz CT molecular complexity index is 494. The molecule has 1 amide bonds. The van der Waals surface area contributed by atoms with E-state index in [0.29, 0.717) is 18.4 Å². The van der Waals surface area contributed by atoms with E-state index in [9.17, 15) is 4.79 Å². The van der Waals surface area contributed by atoms with Gasteiger partial charge in [-0.25, -0.2) is 0 Å². The van der Waals surface area contributed by atoms with Gasteiger partial charge >= 0.3 is 0 Å². The van der Waals surface area contributed by atoms with Crippen LogP contribution in [0.2, 0.25) is 0 Å². The topological polar surface area (TPSA) is 69.9 Å². The maximum absolute atomic E-state index is 11.9. The number of amides is 1. The van der Waals surface area contributed by atoms with Gasteiger partial charge in [0.05, 0.1) is 19.4 Å². The second-order valence-corrected chi connectivity index (χ2v) is 6.11. The lowest BCUT2D eigenvalue weighted by Gasteiger charge is -2.37. The van der Waals surface area contributed by atoms with Gasteiger partial charge in [0.2, 0.25) is 5.91 Å². The minimum Gasteiger partial charge on any atom is -0.467 e. The Balaban J connectivity index is 0.00000264. The highest BCUT2D eigenvalue weighted by Gasteiger charge is 2.24. The summed E-state index contributed by atoms with van der Waals surface area (Å²) in [4.78, 5) is 18.4. The molecule has 0 spiro atoms. The van der Waals surface area contributed by atoms with Crippen molar-refractivity contribution in [1.82, 2.24) is 15.5 Å². The molecule has 1 aliphatic rings. The molecule has 23 heavy (non-hydrogen) atoms. The van der Waals surface area contributed by atoms with E-state index in [0.717, 1.165) is 24.8 Å². The van der Waals surface area contributed by atoms with Gasteiger partial charge in [-0.2, -0.15) is 0 Å². The number of aliphatic imine (C=N–C) groups is 1. The Morgan fingerprint density at radius 2 is 2.04 bits per heavy atom. The number of furan rings is 1. The number of carbonyl (C=O) groups excluding carboxylic acids is 1. The van der Waals surface area contributed by atoms with Crippen molar-refractivity contribution in [1.29, 1.82) is 0 Å². The normalized spacial score (nSPS) is 21.5. The summed E-state index contributed by atoms with van der Waals surface area (Å²) >= 11 is 0. The van der Waals surface area contributed by atoms with Crippen LogP contribution in [-0.4, -0.2) is 43.4 Å². The molecule has 130 valence electrons.